The number of hydrogen-bond donors (Lipinski definition) is 1. The van der Waals surface area contributed by atoms with E-state index in [9.17, 15) is 4.79 Å². The molecule has 3 atom stereocenters. The predicted octanol–water partition coefficient (Wildman–Crippen LogP) is 4.26. The Bertz CT molecular complexity index is 398. The van der Waals surface area contributed by atoms with E-state index in [1.165, 1.54) is 0 Å². The van der Waals surface area contributed by atoms with E-state index in [0.29, 0.717) is 11.8 Å². The van der Waals surface area contributed by atoms with Gasteiger partial charge < -0.3 is 4.74 Å². The second kappa shape index (κ2) is 5.75. The average molecular weight is 296 g/mol. The van der Waals surface area contributed by atoms with Crippen LogP contribution in [-0.4, -0.2) is 17.3 Å². The van der Waals surface area contributed by atoms with Gasteiger partial charge in [0.2, 0.25) is 0 Å². The molecule has 0 radical (unpaired) electrons. The number of carbonyl (C=O) groups excluding carboxylic acids is 1. The Balaban J connectivity index is 1.91. The molecule has 0 aromatic carbocycles. The zero-order valence-electron chi connectivity index (χ0n) is 13.2. The Morgan fingerprint density at radius 3 is 2.45 bits per heavy atom. The molecule has 2 bridgehead atoms. The third-order valence-electron chi connectivity index (χ3n) is 4.65. The molecule has 3 heteroatoms. The van der Waals surface area contributed by atoms with Gasteiger partial charge in [0.05, 0.1) is 5.92 Å². The largest absolute Gasteiger partial charge is 0.459 e. The molecule has 114 valence electrons. The van der Waals surface area contributed by atoms with Gasteiger partial charge in [0, 0.05) is 0 Å². The molecule has 0 saturated heterocycles. The summed E-state index contributed by atoms with van der Waals surface area (Å²) in [5.74, 6) is 2.01. The van der Waals surface area contributed by atoms with Gasteiger partial charge in [-0.25, -0.2) is 0 Å². The van der Waals surface area contributed by atoms with Gasteiger partial charge in [-0.05, 0) is 62.5 Å². The Hall–Kier alpha value is -0.440. The summed E-state index contributed by atoms with van der Waals surface area (Å²) >= 11 is 4.32. The standard InChI is InChI=1S/C17H28O2S/c1-16(2,7-8-20)11-17(3,4)19-15(18)14-10-12-5-6-13(14)9-12/h5-6,12-14,20H,7-11H2,1-4H3. The number of fused-ring (bicyclic) bond motifs is 2. The summed E-state index contributed by atoms with van der Waals surface area (Å²) in [5.41, 5.74) is -0.241. The third kappa shape index (κ3) is 3.81. The number of allylic oxidation sites excluding steroid dienone is 2. The summed E-state index contributed by atoms with van der Waals surface area (Å²) in [4.78, 5) is 12.4. The van der Waals surface area contributed by atoms with Crippen molar-refractivity contribution in [3.8, 4) is 0 Å². The summed E-state index contributed by atoms with van der Waals surface area (Å²) in [7, 11) is 0. The van der Waals surface area contributed by atoms with Crippen LogP contribution < -0.4 is 0 Å². The molecule has 1 fully saturated rings. The van der Waals surface area contributed by atoms with Gasteiger partial charge in [-0.3, -0.25) is 4.79 Å². The molecule has 0 aromatic heterocycles. The number of thiol groups is 1. The van der Waals surface area contributed by atoms with Crippen LogP contribution in [0.15, 0.2) is 12.2 Å². The first kappa shape index (κ1) is 15.9. The fraction of sp³-hybridized carbons (Fsp3) is 0.824. The molecule has 1 saturated carbocycles. The van der Waals surface area contributed by atoms with Crippen molar-refractivity contribution < 1.29 is 9.53 Å². The second-order valence-electron chi connectivity index (χ2n) is 7.88. The van der Waals surface area contributed by atoms with Gasteiger partial charge in [0.15, 0.2) is 0 Å². The van der Waals surface area contributed by atoms with Gasteiger partial charge >= 0.3 is 5.97 Å². The van der Waals surface area contributed by atoms with Crippen LogP contribution in [0.5, 0.6) is 0 Å². The summed E-state index contributed by atoms with van der Waals surface area (Å²) in [6.07, 6.45) is 8.51. The molecule has 0 amide bonds. The highest BCUT2D eigenvalue weighted by atomic mass is 32.1. The first-order valence-corrected chi connectivity index (χ1v) is 8.38. The Morgan fingerprint density at radius 1 is 1.25 bits per heavy atom. The van der Waals surface area contributed by atoms with Crippen LogP contribution in [0, 0.1) is 23.2 Å². The monoisotopic (exact) mass is 296 g/mol. The summed E-state index contributed by atoms with van der Waals surface area (Å²) < 4.78 is 5.86. The number of ether oxygens (including phenoxy) is 1. The lowest BCUT2D eigenvalue weighted by molar-refractivity contribution is -0.165. The number of hydrogen-bond acceptors (Lipinski definition) is 3. The number of esters is 1. The van der Waals surface area contributed by atoms with Crippen LogP contribution in [0.1, 0.15) is 53.4 Å². The van der Waals surface area contributed by atoms with Gasteiger partial charge in [0.1, 0.15) is 5.60 Å². The minimum atomic E-state index is -0.394. The molecule has 0 aliphatic heterocycles. The van der Waals surface area contributed by atoms with Crippen molar-refractivity contribution in [1.82, 2.24) is 0 Å². The number of rotatable bonds is 6. The van der Waals surface area contributed by atoms with E-state index in [0.717, 1.165) is 31.4 Å². The highest BCUT2D eigenvalue weighted by Gasteiger charge is 2.42. The zero-order valence-corrected chi connectivity index (χ0v) is 14.1. The Morgan fingerprint density at radius 2 is 1.95 bits per heavy atom. The second-order valence-corrected chi connectivity index (χ2v) is 8.33. The molecule has 2 rings (SSSR count). The average Bonchev–Trinajstić information content (AvgIpc) is 2.87. The van der Waals surface area contributed by atoms with E-state index in [-0.39, 0.29) is 17.3 Å². The van der Waals surface area contributed by atoms with E-state index in [1.54, 1.807) is 0 Å². The molecule has 20 heavy (non-hydrogen) atoms. The Labute approximate surface area is 128 Å². The van der Waals surface area contributed by atoms with Crippen LogP contribution >= 0.6 is 12.6 Å². The lowest BCUT2D eigenvalue weighted by Crippen LogP contribution is -2.37. The Kier molecular flexibility index (Phi) is 4.58. The fourth-order valence-corrected chi connectivity index (χ4v) is 4.58. The van der Waals surface area contributed by atoms with Gasteiger partial charge in [0.25, 0.3) is 0 Å². The zero-order chi connectivity index (χ0) is 15.0. The SMILES string of the molecule is CC(C)(CCS)CC(C)(C)OC(=O)C1CC2C=CC1C2. The maximum Gasteiger partial charge on any atom is 0.310 e. The lowest BCUT2D eigenvalue weighted by atomic mass is 9.79. The van der Waals surface area contributed by atoms with E-state index in [1.807, 2.05) is 13.8 Å². The highest BCUT2D eigenvalue weighted by molar-refractivity contribution is 7.80. The van der Waals surface area contributed by atoms with Crippen molar-refractivity contribution in [1.29, 1.82) is 0 Å². The first-order chi connectivity index (χ1) is 9.22. The molecule has 0 spiro atoms. The molecular formula is C17H28O2S. The quantitative estimate of drug-likeness (QED) is 0.450. The molecule has 0 heterocycles. The van der Waals surface area contributed by atoms with Crippen LogP contribution in [-0.2, 0) is 9.53 Å². The molecule has 0 aromatic rings. The van der Waals surface area contributed by atoms with Gasteiger partial charge in [-0.15, -0.1) is 0 Å². The normalized spacial score (nSPS) is 28.9. The van der Waals surface area contributed by atoms with Crippen molar-refractivity contribution in [2.24, 2.45) is 23.2 Å². The molecule has 2 aliphatic rings. The van der Waals surface area contributed by atoms with E-state index < -0.39 is 5.60 Å². The fourth-order valence-electron chi connectivity index (χ4n) is 3.98. The molecule has 0 N–H and O–H groups in total. The van der Waals surface area contributed by atoms with Crippen LogP contribution in [0.25, 0.3) is 0 Å². The highest BCUT2D eigenvalue weighted by Crippen LogP contribution is 2.44. The minimum absolute atomic E-state index is 0.00789. The van der Waals surface area contributed by atoms with E-state index in [2.05, 4.69) is 38.6 Å². The van der Waals surface area contributed by atoms with Gasteiger partial charge in [-0.2, -0.15) is 12.6 Å². The van der Waals surface area contributed by atoms with Crippen molar-refractivity contribution in [2.45, 2.75) is 59.0 Å². The van der Waals surface area contributed by atoms with E-state index in [4.69, 9.17) is 4.74 Å². The van der Waals surface area contributed by atoms with Crippen molar-refractivity contribution in [2.75, 3.05) is 5.75 Å². The van der Waals surface area contributed by atoms with Crippen LogP contribution in [0.2, 0.25) is 0 Å². The smallest absolute Gasteiger partial charge is 0.310 e. The van der Waals surface area contributed by atoms with Crippen molar-refractivity contribution >= 4 is 18.6 Å². The van der Waals surface area contributed by atoms with Gasteiger partial charge in [-0.1, -0.05) is 26.0 Å². The van der Waals surface area contributed by atoms with E-state index >= 15 is 0 Å². The molecule has 3 unspecified atom stereocenters. The van der Waals surface area contributed by atoms with Crippen molar-refractivity contribution in [3.05, 3.63) is 12.2 Å². The maximum absolute atomic E-state index is 12.4. The van der Waals surface area contributed by atoms with Crippen LogP contribution in [0.4, 0.5) is 0 Å². The summed E-state index contributed by atoms with van der Waals surface area (Å²) in [6, 6.07) is 0. The maximum atomic E-state index is 12.4. The summed E-state index contributed by atoms with van der Waals surface area (Å²) in [5, 5.41) is 0. The molecule has 2 nitrogen and oxygen atoms in total. The lowest BCUT2D eigenvalue weighted by Gasteiger charge is -2.35. The summed E-state index contributed by atoms with van der Waals surface area (Å²) in [6.45, 7) is 8.51. The predicted molar refractivity (Wildman–Crippen MR) is 85.9 cm³/mol. The first-order valence-electron chi connectivity index (χ1n) is 7.74. The molecule has 2 aliphatic carbocycles. The third-order valence-corrected chi connectivity index (χ3v) is 4.87. The van der Waals surface area contributed by atoms with Crippen LogP contribution in [0.3, 0.4) is 0 Å². The van der Waals surface area contributed by atoms with Crippen molar-refractivity contribution in [3.63, 3.8) is 0 Å². The number of carbonyl (C=O) groups is 1. The minimum Gasteiger partial charge on any atom is -0.459 e. The topological polar surface area (TPSA) is 26.3 Å². The molecular weight excluding hydrogens is 268 g/mol.